The van der Waals surface area contributed by atoms with E-state index in [1.807, 2.05) is 25.3 Å². The number of thioether (sulfide) groups is 1. The average Bonchev–Trinajstić information content (AvgIpc) is 3.29. The molecule has 11 nitrogen and oxygen atoms in total. The molecule has 0 unspecified atom stereocenters. The van der Waals surface area contributed by atoms with Gasteiger partial charge in [-0.2, -0.15) is 0 Å². The van der Waals surface area contributed by atoms with Crippen LogP contribution in [0.15, 0.2) is 47.6 Å². The third kappa shape index (κ3) is 6.98. The quantitative estimate of drug-likeness (QED) is 0.200. The maximum Gasteiger partial charge on any atom is 0.271 e. The number of aromatic nitrogens is 3. The van der Waals surface area contributed by atoms with E-state index in [0.717, 1.165) is 11.8 Å². The number of carbonyl (C=O) groups is 2. The van der Waals surface area contributed by atoms with E-state index in [1.54, 1.807) is 31.4 Å². The van der Waals surface area contributed by atoms with Crippen molar-refractivity contribution in [2.45, 2.75) is 38.5 Å². The largest absolute Gasteiger partial charge is 0.497 e. The van der Waals surface area contributed by atoms with Crippen LogP contribution >= 0.6 is 23.4 Å². The monoisotopic (exact) mass is 546 g/mol. The van der Waals surface area contributed by atoms with Crippen molar-refractivity contribution in [3.05, 3.63) is 69.0 Å². The van der Waals surface area contributed by atoms with Gasteiger partial charge in [0.1, 0.15) is 5.75 Å². The standard InChI is InChI=1S/C24H27ClN6O5S/c1-5-30-22(21(14(2)3)27-23(33)15-6-9-17(36-4)10-7-15)28-29-24(30)37-13-20(32)26-19-12-16(31(34)35)8-11-18(19)25/h6-12,14,21H,5,13H2,1-4H3,(H,26,32)(H,27,33)/t21-/m1/s1. The van der Waals surface area contributed by atoms with E-state index in [-0.39, 0.29) is 34.0 Å². The van der Waals surface area contributed by atoms with Gasteiger partial charge in [-0.1, -0.05) is 37.2 Å². The van der Waals surface area contributed by atoms with Gasteiger partial charge in [-0.3, -0.25) is 19.7 Å². The van der Waals surface area contributed by atoms with Gasteiger partial charge in [0.2, 0.25) is 5.91 Å². The first-order valence-electron chi connectivity index (χ1n) is 11.4. The number of halogens is 1. The summed E-state index contributed by atoms with van der Waals surface area (Å²) in [5.74, 6) is 0.545. The molecule has 0 radical (unpaired) electrons. The van der Waals surface area contributed by atoms with E-state index in [0.29, 0.717) is 28.8 Å². The third-order valence-corrected chi connectivity index (χ3v) is 6.71. The van der Waals surface area contributed by atoms with Gasteiger partial charge in [-0.15, -0.1) is 10.2 Å². The maximum atomic E-state index is 12.9. The van der Waals surface area contributed by atoms with Crippen LogP contribution in [0.4, 0.5) is 11.4 Å². The molecule has 0 saturated heterocycles. The predicted molar refractivity (Wildman–Crippen MR) is 141 cm³/mol. The molecule has 0 aliphatic heterocycles. The minimum absolute atomic E-state index is 0.00820. The van der Waals surface area contributed by atoms with E-state index in [1.165, 1.54) is 18.2 Å². The molecule has 2 N–H and O–H groups in total. The lowest BCUT2D eigenvalue weighted by Gasteiger charge is -2.22. The van der Waals surface area contributed by atoms with Gasteiger partial charge in [0.15, 0.2) is 11.0 Å². The summed E-state index contributed by atoms with van der Waals surface area (Å²) < 4.78 is 6.99. The van der Waals surface area contributed by atoms with Crippen molar-refractivity contribution in [2.24, 2.45) is 5.92 Å². The van der Waals surface area contributed by atoms with Crippen molar-refractivity contribution in [3.63, 3.8) is 0 Å². The molecule has 1 atom stereocenters. The zero-order valence-electron chi connectivity index (χ0n) is 20.7. The molecule has 3 aromatic rings. The smallest absolute Gasteiger partial charge is 0.271 e. The highest BCUT2D eigenvalue weighted by Crippen LogP contribution is 2.28. The van der Waals surface area contributed by atoms with Crippen LogP contribution in [-0.2, 0) is 11.3 Å². The summed E-state index contributed by atoms with van der Waals surface area (Å²) in [6, 6.07) is 10.2. The van der Waals surface area contributed by atoms with Crippen LogP contribution in [0.5, 0.6) is 5.75 Å². The summed E-state index contributed by atoms with van der Waals surface area (Å²) in [5.41, 5.74) is 0.458. The van der Waals surface area contributed by atoms with E-state index in [9.17, 15) is 19.7 Å². The Bertz CT molecular complexity index is 1280. The molecule has 1 heterocycles. The molecule has 2 amide bonds. The van der Waals surface area contributed by atoms with Crippen LogP contribution in [0, 0.1) is 16.0 Å². The van der Waals surface area contributed by atoms with Gasteiger partial charge in [-0.05, 0) is 43.2 Å². The first kappa shape index (κ1) is 27.9. The fourth-order valence-corrected chi connectivity index (χ4v) is 4.44. The summed E-state index contributed by atoms with van der Waals surface area (Å²) in [7, 11) is 1.56. The normalized spacial score (nSPS) is 11.7. The third-order valence-electron chi connectivity index (χ3n) is 5.41. The van der Waals surface area contributed by atoms with Crippen LogP contribution in [0.25, 0.3) is 0 Å². The number of non-ortho nitro benzene ring substituents is 1. The van der Waals surface area contributed by atoms with Gasteiger partial charge in [0.05, 0.1) is 34.5 Å². The van der Waals surface area contributed by atoms with Gasteiger partial charge in [0.25, 0.3) is 11.6 Å². The lowest BCUT2D eigenvalue weighted by molar-refractivity contribution is -0.384. The second-order valence-corrected chi connectivity index (χ2v) is 9.62. The SMILES string of the molecule is CCn1c(SCC(=O)Nc2cc([N+](=O)[O-])ccc2Cl)nnc1[C@H](NC(=O)c1ccc(OC)cc1)C(C)C. The van der Waals surface area contributed by atoms with E-state index < -0.39 is 16.9 Å². The zero-order valence-corrected chi connectivity index (χ0v) is 22.3. The van der Waals surface area contributed by atoms with Gasteiger partial charge < -0.3 is 19.9 Å². The Morgan fingerprint density at radius 2 is 1.89 bits per heavy atom. The lowest BCUT2D eigenvalue weighted by Crippen LogP contribution is -2.33. The molecule has 0 fully saturated rings. The summed E-state index contributed by atoms with van der Waals surface area (Å²) in [6.07, 6.45) is 0. The number of methoxy groups -OCH3 is 1. The Labute approximate surface area is 223 Å². The number of hydrogen-bond donors (Lipinski definition) is 2. The molecule has 0 aliphatic rings. The Morgan fingerprint density at radius 1 is 1.19 bits per heavy atom. The number of nitrogens with zero attached hydrogens (tertiary/aromatic N) is 4. The number of ether oxygens (including phenoxy) is 1. The minimum Gasteiger partial charge on any atom is -0.497 e. The number of rotatable bonds is 11. The second kappa shape index (κ2) is 12.5. The molecular weight excluding hydrogens is 520 g/mol. The minimum atomic E-state index is -0.565. The number of carbonyl (C=O) groups excluding carboxylic acids is 2. The number of nitro benzene ring substituents is 1. The number of benzene rings is 2. The topological polar surface area (TPSA) is 141 Å². The zero-order chi connectivity index (χ0) is 27.1. The second-order valence-electron chi connectivity index (χ2n) is 8.27. The van der Waals surface area contributed by atoms with Crippen LogP contribution < -0.4 is 15.4 Å². The molecule has 0 bridgehead atoms. The Kier molecular flexibility index (Phi) is 9.48. The van der Waals surface area contributed by atoms with Crippen LogP contribution in [-0.4, -0.2) is 44.4 Å². The summed E-state index contributed by atoms with van der Waals surface area (Å²) in [6.45, 7) is 6.38. The highest BCUT2D eigenvalue weighted by molar-refractivity contribution is 7.99. The Hall–Kier alpha value is -3.64. The molecule has 196 valence electrons. The molecule has 0 saturated carbocycles. The molecule has 37 heavy (non-hydrogen) atoms. The summed E-state index contributed by atoms with van der Waals surface area (Å²) in [4.78, 5) is 35.9. The Balaban J connectivity index is 1.71. The van der Waals surface area contributed by atoms with E-state index in [4.69, 9.17) is 16.3 Å². The van der Waals surface area contributed by atoms with Crippen molar-refractivity contribution < 1.29 is 19.2 Å². The number of nitrogens with one attached hydrogen (secondary N) is 2. The number of nitro groups is 1. The number of hydrogen-bond acceptors (Lipinski definition) is 8. The van der Waals surface area contributed by atoms with Gasteiger partial charge in [-0.25, -0.2) is 0 Å². The number of amides is 2. The van der Waals surface area contributed by atoms with Crippen molar-refractivity contribution in [1.82, 2.24) is 20.1 Å². The molecule has 1 aromatic heterocycles. The van der Waals surface area contributed by atoms with Crippen LogP contribution in [0.1, 0.15) is 43.0 Å². The first-order valence-corrected chi connectivity index (χ1v) is 12.8. The van der Waals surface area contributed by atoms with Crippen molar-refractivity contribution >= 4 is 46.6 Å². The van der Waals surface area contributed by atoms with Crippen LogP contribution in [0.2, 0.25) is 5.02 Å². The highest BCUT2D eigenvalue weighted by Gasteiger charge is 2.26. The molecule has 3 rings (SSSR count). The molecule has 13 heteroatoms. The number of anilines is 1. The average molecular weight is 547 g/mol. The summed E-state index contributed by atoms with van der Waals surface area (Å²) in [5, 5.41) is 25.9. The van der Waals surface area contributed by atoms with Gasteiger partial charge >= 0.3 is 0 Å². The van der Waals surface area contributed by atoms with Crippen molar-refractivity contribution in [2.75, 3.05) is 18.2 Å². The fourth-order valence-electron chi connectivity index (χ4n) is 3.47. The lowest BCUT2D eigenvalue weighted by atomic mass is 10.0. The van der Waals surface area contributed by atoms with E-state index >= 15 is 0 Å². The van der Waals surface area contributed by atoms with E-state index in [2.05, 4.69) is 20.8 Å². The first-order chi connectivity index (χ1) is 17.6. The molecule has 2 aromatic carbocycles. The summed E-state index contributed by atoms with van der Waals surface area (Å²) >= 11 is 7.23. The Morgan fingerprint density at radius 3 is 2.49 bits per heavy atom. The fraction of sp³-hybridized carbons (Fsp3) is 0.333. The molecule has 0 aliphatic carbocycles. The maximum absolute atomic E-state index is 12.9. The predicted octanol–water partition coefficient (Wildman–Crippen LogP) is 4.73. The molecule has 0 spiro atoms. The highest BCUT2D eigenvalue weighted by atomic mass is 35.5. The molecular formula is C24H27ClN6O5S. The van der Waals surface area contributed by atoms with Crippen LogP contribution in [0.3, 0.4) is 0 Å². The van der Waals surface area contributed by atoms with Crippen molar-refractivity contribution in [3.8, 4) is 5.75 Å². The van der Waals surface area contributed by atoms with Gasteiger partial charge in [0, 0.05) is 24.2 Å². The van der Waals surface area contributed by atoms with Crippen molar-refractivity contribution in [1.29, 1.82) is 0 Å².